The van der Waals surface area contributed by atoms with Gasteiger partial charge in [0.25, 0.3) is 0 Å². The number of aryl methyl sites for hydroxylation is 1. The van der Waals surface area contributed by atoms with Gasteiger partial charge >= 0.3 is 7.12 Å². The number of nitrogens with one attached hydrogen (secondary N) is 3. The smallest absolute Gasteiger partial charge is 0.423 e. The van der Waals surface area contributed by atoms with Crippen molar-refractivity contribution >= 4 is 30.0 Å². The van der Waals surface area contributed by atoms with E-state index < -0.39 is 7.12 Å². The van der Waals surface area contributed by atoms with E-state index in [1.165, 1.54) is 0 Å². The van der Waals surface area contributed by atoms with E-state index in [1.54, 1.807) is 0 Å². The highest BCUT2D eigenvalue weighted by Gasteiger charge is 2.27. The SMILES string of the molecule is Cc1cnc(Nc2ccc3c(c2)B(O)OC3)nc1NC1CCNCC1. The lowest BCUT2D eigenvalue weighted by atomic mass is 9.79. The van der Waals surface area contributed by atoms with E-state index in [-0.39, 0.29) is 0 Å². The first-order valence-electron chi connectivity index (χ1n) is 8.69. The highest BCUT2D eigenvalue weighted by atomic mass is 16.5. The van der Waals surface area contributed by atoms with Gasteiger partial charge in [-0.05, 0) is 56.0 Å². The maximum atomic E-state index is 9.84. The van der Waals surface area contributed by atoms with Gasteiger partial charge in [-0.1, -0.05) is 6.07 Å². The topological polar surface area (TPSA) is 91.3 Å². The number of rotatable bonds is 4. The average Bonchev–Trinajstić information content (AvgIpc) is 3.00. The van der Waals surface area contributed by atoms with Crippen molar-refractivity contribution in [2.24, 2.45) is 0 Å². The number of nitrogens with zero attached hydrogens (tertiary/aromatic N) is 2. The van der Waals surface area contributed by atoms with Gasteiger partial charge in [0.2, 0.25) is 5.95 Å². The third kappa shape index (κ3) is 3.61. The van der Waals surface area contributed by atoms with Crippen molar-refractivity contribution in [3.8, 4) is 0 Å². The van der Waals surface area contributed by atoms with Crippen molar-refractivity contribution in [1.29, 1.82) is 0 Å². The van der Waals surface area contributed by atoms with Gasteiger partial charge in [0, 0.05) is 23.5 Å². The predicted octanol–water partition coefficient (Wildman–Crippen LogP) is 0.910. The minimum atomic E-state index is -0.854. The van der Waals surface area contributed by atoms with Crippen LogP contribution in [-0.4, -0.2) is 41.2 Å². The second-order valence-electron chi connectivity index (χ2n) is 6.60. The van der Waals surface area contributed by atoms with Gasteiger partial charge in [-0.15, -0.1) is 0 Å². The Bertz CT molecular complexity index is 767. The quantitative estimate of drug-likeness (QED) is 0.616. The zero-order chi connectivity index (χ0) is 17.2. The Kier molecular flexibility index (Phi) is 4.56. The fraction of sp³-hybridized carbons (Fsp3) is 0.412. The van der Waals surface area contributed by atoms with E-state index in [0.717, 1.165) is 54.0 Å². The van der Waals surface area contributed by atoms with Gasteiger partial charge in [-0.3, -0.25) is 0 Å². The Morgan fingerprint density at radius 2 is 2.16 bits per heavy atom. The Morgan fingerprint density at radius 1 is 1.32 bits per heavy atom. The van der Waals surface area contributed by atoms with E-state index in [9.17, 15) is 5.02 Å². The van der Waals surface area contributed by atoms with Crippen LogP contribution in [0.3, 0.4) is 0 Å². The summed E-state index contributed by atoms with van der Waals surface area (Å²) in [4.78, 5) is 9.00. The molecule has 1 fully saturated rings. The van der Waals surface area contributed by atoms with Crippen molar-refractivity contribution < 1.29 is 9.68 Å². The van der Waals surface area contributed by atoms with Gasteiger partial charge in [0.15, 0.2) is 0 Å². The predicted molar refractivity (Wildman–Crippen MR) is 98.4 cm³/mol. The van der Waals surface area contributed by atoms with Crippen molar-refractivity contribution in [3.63, 3.8) is 0 Å². The van der Waals surface area contributed by atoms with E-state index >= 15 is 0 Å². The molecule has 1 saturated heterocycles. The van der Waals surface area contributed by atoms with E-state index in [1.807, 2.05) is 31.3 Å². The van der Waals surface area contributed by atoms with Crippen LogP contribution in [0.2, 0.25) is 0 Å². The van der Waals surface area contributed by atoms with Crippen LogP contribution in [0.1, 0.15) is 24.0 Å². The molecule has 2 aliphatic heterocycles. The molecular formula is C17H22BN5O2. The van der Waals surface area contributed by atoms with Crippen LogP contribution < -0.4 is 21.4 Å². The van der Waals surface area contributed by atoms with Crippen LogP contribution in [-0.2, 0) is 11.3 Å². The normalized spacial score (nSPS) is 17.4. The Hall–Kier alpha value is -2.16. The molecule has 25 heavy (non-hydrogen) atoms. The maximum absolute atomic E-state index is 9.84. The number of benzene rings is 1. The molecule has 0 amide bonds. The third-order valence-electron chi connectivity index (χ3n) is 4.72. The molecule has 130 valence electrons. The van der Waals surface area contributed by atoms with Gasteiger partial charge in [0.05, 0.1) is 6.61 Å². The molecule has 7 nitrogen and oxygen atoms in total. The summed E-state index contributed by atoms with van der Waals surface area (Å²) >= 11 is 0. The lowest BCUT2D eigenvalue weighted by molar-refractivity contribution is 0.275. The lowest BCUT2D eigenvalue weighted by Gasteiger charge is -2.25. The second kappa shape index (κ2) is 6.99. The monoisotopic (exact) mass is 339 g/mol. The van der Waals surface area contributed by atoms with Crippen molar-refractivity contribution in [2.75, 3.05) is 23.7 Å². The molecule has 1 aromatic heterocycles. The fourth-order valence-corrected chi connectivity index (χ4v) is 3.23. The highest BCUT2D eigenvalue weighted by molar-refractivity contribution is 6.61. The molecule has 3 heterocycles. The van der Waals surface area contributed by atoms with Gasteiger partial charge in [0.1, 0.15) is 5.82 Å². The Labute approximate surface area is 147 Å². The zero-order valence-electron chi connectivity index (χ0n) is 14.2. The van der Waals surface area contributed by atoms with Crippen molar-refractivity contribution in [2.45, 2.75) is 32.4 Å². The first kappa shape index (κ1) is 16.3. The first-order chi connectivity index (χ1) is 12.2. The molecular weight excluding hydrogens is 317 g/mol. The maximum Gasteiger partial charge on any atom is 0.491 e. The molecule has 0 spiro atoms. The number of piperidine rings is 1. The minimum Gasteiger partial charge on any atom is -0.423 e. The second-order valence-corrected chi connectivity index (χ2v) is 6.60. The third-order valence-corrected chi connectivity index (χ3v) is 4.72. The molecule has 1 aromatic carbocycles. The number of aromatic nitrogens is 2. The summed E-state index contributed by atoms with van der Waals surface area (Å²) in [6.45, 7) is 4.53. The number of hydrogen-bond acceptors (Lipinski definition) is 7. The summed E-state index contributed by atoms with van der Waals surface area (Å²) < 4.78 is 5.23. The fourth-order valence-electron chi connectivity index (χ4n) is 3.23. The summed E-state index contributed by atoms with van der Waals surface area (Å²) in [5, 5.41) is 20.0. The molecule has 8 heteroatoms. The zero-order valence-corrected chi connectivity index (χ0v) is 14.2. The molecule has 0 aliphatic carbocycles. The van der Waals surface area contributed by atoms with Crippen LogP contribution in [0.5, 0.6) is 0 Å². The standard InChI is InChI=1S/C17H22BN5O2/c1-11-9-20-17(23-16(11)21-13-4-6-19-7-5-13)22-14-3-2-12-10-25-18(24)15(12)8-14/h2-3,8-9,13,19,24H,4-7,10H2,1H3,(H2,20,21,22,23). The molecule has 0 atom stereocenters. The van der Waals surface area contributed by atoms with Crippen molar-refractivity contribution in [3.05, 3.63) is 35.5 Å². The van der Waals surface area contributed by atoms with Crippen molar-refractivity contribution in [1.82, 2.24) is 15.3 Å². The van der Waals surface area contributed by atoms with Crippen LogP contribution in [0, 0.1) is 6.92 Å². The molecule has 0 unspecified atom stereocenters. The number of hydrogen-bond donors (Lipinski definition) is 4. The van der Waals surface area contributed by atoms with Crippen LogP contribution in [0.25, 0.3) is 0 Å². The molecule has 0 saturated carbocycles. The summed E-state index contributed by atoms with van der Waals surface area (Å²) in [6, 6.07) is 6.23. The van der Waals surface area contributed by atoms with Crippen LogP contribution in [0.15, 0.2) is 24.4 Å². The summed E-state index contributed by atoms with van der Waals surface area (Å²) in [6.07, 6.45) is 4.01. The first-order valence-corrected chi connectivity index (χ1v) is 8.69. The Morgan fingerprint density at radius 3 is 3.00 bits per heavy atom. The molecule has 4 N–H and O–H groups in total. The van der Waals surface area contributed by atoms with Crippen LogP contribution in [0.4, 0.5) is 17.5 Å². The minimum absolute atomic E-state index is 0.440. The molecule has 0 bridgehead atoms. The van der Waals surface area contributed by atoms with E-state index in [0.29, 0.717) is 18.6 Å². The van der Waals surface area contributed by atoms with E-state index in [4.69, 9.17) is 4.65 Å². The van der Waals surface area contributed by atoms with Gasteiger partial charge in [-0.2, -0.15) is 4.98 Å². The summed E-state index contributed by atoms with van der Waals surface area (Å²) in [7, 11) is -0.854. The van der Waals surface area contributed by atoms with E-state index in [2.05, 4.69) is 25.9 Å². The molecule has 2 aliphatic rings. The molecule has 4 rings (SSSR count). The average molecular weight is 339 g/mol. The molecule has 0 radical (unpaired) electrons. The lowest BCUT2D eigenvalue weighted by Crippen LogP contribution is -2.35. The summed E-state index contributed by atoms with van der Waals surface area (Å²) in [5.74, 6) is 1.41. The number of anilines is 3. The summed E-state index contributed by atoms with van der Waals surface area (Å²) in [5.41, 5.74) is 3.67. The Balaban J connectivity index is 1.51. The largest absolute Gasteiger partial charge is 0.491 e. The van der Waals surface area contributed by atoms with Gasteiger partial charge in [-0.25, -0.2) is 4.98 Å². The highest BCUT2D eigenvalue weighted by Crippen LogP contribution is 2.20. The van der Waals surface area contributed by atoms with Gasteiger partial charge < -0.3 is 25.6 Å². The molecule has 2 aromatic rings. The van der Waals surface area contributed by atoms with Crippen LogP contribution >= 0.6 is 0 Å². The number of fused-ring (bicyclic) bond motifs is 1.